The molecule has 0 spiro atoms. The zero-order chi connectivity index (χ0) is 20.4. The second-order valence-electron chi connectivity index (χ2n) is 6.71. The largest absolute Gasteiger partial charge is 0.457 e. The van der Waals surface area contributed by atoms with Gasteiger partial charge < -0.3 is 14.1 Å². The highest BCUT2D eigenvalue weighted by molar-refractivity contribution is 7.93. The van der Waals surface area contributed by atoms with E-state index in [1.54, 1.807) is 18.2 Å². The highest BCUT2D eigenvalue weighted by Crippen LogP contribution is 2.29. The average molecular weight is 409 g/mol. The number of allylic oxidation sites excluding steroid dienone is 1. The van der Waals surface area contributed by atoms with Gasteiger partial charge in [0.2, 0.25) is 10.0 Å². The van der Waals surface area contributed by atoms with Crippen molar-refractivity contribution >= 4 is 32.6 Å². The van der Waals surface area contributed by atoms with Gasteiger partial charge in [0.05, 0.1) is 13.2 Å². The van der Waals surface area contributed by atoms with Gasteiger partial charge in [0.1, 0.15) is 17.6 Å². The fourth-order valence-corrected chi connectivity index (χ4v) is 3.71. The van der Waals surface area contributed by atoms with Gasteiger partial charge >= 0.3 is 0 Å². The Morgan fingerprint density at radius 3 is 2.52 bits per heavy atom. The smallest absolute Gasteiger partial charge is 0.248 e. The summed E-state index contributed by atoms with van der Waals surface area (Å²) in [6, 6.07) is 17.2. The Hall–Kier alpha value is -3.12. The van der Waals surface area contributed by atoms with Gasteiger partial charge in [0.25, 0.3) is 0 Å². The molecule has 148 valence electrons. The number of furan rings is 1. The van der Waals surface area contributed by atoms with Crippen LogP contribution in [0, 0.1) is 11.3 Å². The van der Waals surface area contributed by atoms with Crippen molar-refractivity contribution < 1.29 is 17.6 Å². The molecule has 0 bridgehead atoms. The van der Waals surface area contributed by atoms with Crippen LogP contribution >= 0.6 is 0 Å². The zero-order valence-corrected chi connectivity index (χ0v) is 16.4. The van der Waals surface area contributed by atoms with E-state index in [1.807, 2.05) is 18.2 Å². The van der Waals surface area contributed by atoms with Crippen molar-refractivity contribution in [3.05, 3.63) is 59.2 Å². The third-order valence-electron chi connectivity index (χ3n) is 4.80. The van der Waals surface area contributed by atoms with E-state index in [0.29, 0.717) is 5.76 Å². The normalized spacial score (nSPS) is 15.4. The van der Waals surface area contributed by atoms with Gasteiger partial charge in [0, 0.05) is 30.4 Å². The Kier molecular flexibility index (Phi) is 5.11. The highest BCUT2D eigenvalue weighted by atomic mass is 32.2. The summed E-state index contributed by atoms with van der Waals surface area (Å²) in [4.78, 5) is 1.76. The van der Waals surface area contributed by atoms with Crippen LogP contribution in [-0.2, 0) is 14.8 Å². The third-order valence-corrected chi connectivity index (χ3v) is 5.62. The van der Waals surface area contributed by atoms with E-state index in [-0.39, 0.29) is 5.76 Å². The van der Waals surface area contributed by atoms with Crippen molar-refractivity contribution in [1.82, 2.24) is 0 Å². The Labute approximate surface area is 168 Å². The van der Waals surface area contributed by atoms with E-state index in [2.05, 4.69) is 23.1 Å². The molecule has 7 nitrogen and oxygen atoms in total. The van der Waals surface area contributed by atoms with E-state index in [9.17, 15) is 8.42 Å². The van der Waals surface area contributed by atoms with Crippen LogP contribution in [-0.4, -0.2) is 34.7 Å². The first-order chi connectivity index (χ1) is 13.9. The molecule has 0 saturated carbocycles. The van der Waals surface area contributed by atoms with Gasteiger partial charge in [-0.15, -0.1) is 0 Å². The molecule has 1 aromatic heterocycles. The van der Waals surface area contributed by atoms with Gasteiger partial charge in [-0.05, 0) is 41.1 Å². The first-order valence-corrected chi connectivity index (χ1v) is 10.6. The maximum atomic E-state index is 11.4. The first kappa shape index (κ1) is 19.2. The maximum Gasteiger partial charge on any atom is 0.248 e. The van der Waals surface area contributed by atoms with Crippen molar-refractivity contribution in [1.29, 1.82) is 5.26 Å². The molecule has 0 unspecified atom stereocenters. The summed E-state index contributed by atoms with van der Waals surface area (Å²) in [7, 11) is -4.08. The van der Waals surface area contributed by atoms with E-state index in [0.717, 1.165) is 48.7 Å². The van der Waals surface area contributed by atoms with Crippen molar-refractivity contribution in [2.75, 3.05) is 31.2 Å². The fraction of sp³-hybridized carbons (Fsp3) is 0.190. The van der Waals surface area contributed by atoms with E-state index in [1.165, 1.54) is 5.69 Å². The molecule has 0 aliphatic carbocycles. The number of morpholine rings is 1. The van der Waals surface area contributed by atoms with Crippen LogP contribution in [0.2, 0.25) is 0 Å². The van der Waals surface area contributed by atoms with Gasteiger partial charge in [-0.25, -0.2) is 13.6 Å². The summed E-state index contributed by atoms with van der Waals surface area (Å²) < 4.78 is 33.8. The molecule has 8 heteroatoms. The Bertz CT molecular complexity index is 1230. The number of sulfonamides is 1. The molecule has 0 amide bonds. The molecule has 1 aliphatic heterocycles. The summed E-state index contributed by atoms with van der Waals surface area (Å²) in [5, 5.41) is 16.1. The molecule has 0 atom stereocenters. The first-order valence-electron chi connectivity index (χ1n) is 9.05. The van der Waals surface area contributed by atoms with Gasteiger partial charge in [-0.2, -0.15) is 5.26 Å². The SMILES string of the molecule is N#C/C(=C\c1ccc(-c2ccc3cc(N4CCOCC4)ccc3c2)o1)S(N)(=O)=O. The Balaban J connectivity index is 1.63. The molecule has 2 heterocycles. The number of hydrogen-bond acceptors (Lipinski definition) is 6. The number of nitrogens with two attached hydrogens (primary N) is 1. The van der Waals surface area contributed by atoms with Crippen molar-refractivity contribution in [3.8, 4) is 17.4 Å². The molecular formula is C21H19N3O4S. The summed E-state index contributed by atoms with van der Waals surface area (Å²) in [5.41, 5.74) is 2.02. The topological polar surface area (TPSA) is 110 Å². The lowest BCUT2D eigenvalue weighted by Crippen LogP contribution is -2.36. The number of nitriles is 1. The number of anilines is 1. The number of ether oxygens (including phenoxy) is 1. The van der Waals surface area contributed by atoms with Crippen LogP contribution in [0.1, 0.15) is 5.76 Å². The third kappa shape index (κ3) is 4.17. The molecule has 4 rings (SSSR count). The molecule has 0 radical (unpaired) electrons. The van der Waals surface area contributed by atoms with Crippen LogP contribution in [0.15, 0.2) is 57.9 Å². The number of primary sulfonamides is 1. The number of nitrogens with zero attached hydrogens (tertiary/aromatic N) is 2. The average Bonchev–Trinajstić information content (AvgIpc) is 3.20. The molecule has 3 aromatic rings. The quantitative estimate of drug-likeness (QED) is 0.663. The summed E-state index contributed by atoms with van der Waals surface area (Å²) in [6.45, 7) is 3.25. The predicted octanol–water partition coefficient (Wildman–Crippen LogP) is 3.09. The second kappa shape index (κ2) is 7.72. The minimum Gasteiger partial charge on any atom is -0.457 e. The summed E-state index contributed by atoms with van der Waals surface area (Å²) in [6.07, 6.45) is 1.12. The Morgan fingerprint density at radius 1 is 1.07 bits per heavy atom. The van der Waals surface area contributed by atoms with E-state index in [4.69, 9.17) is 19.6 Å². The van der Waals surface area contributed by atoms with Crippen molar-refractivity contribution in [2.24, 2.45) is 5.14 Å². The van der Waals surface area contributed by atoms with Crippen LogP contribution in [0.4, 0.5) is 5.69 Å². The van der Waals surface area contributed by atoms with Crippen molar-refractivity contribution in [2.45, 2.75) is 0 Å². The lowest BCUT2D eigenvalue weighted by molar-refractivity contribution is 0.122. The maximum absolute atomic E-state index is 11.4. The minimum atomic E-state index is -4.08. The monoisotopic (exact) mass is 409 g/mol. The fourth-order valence-electron chi connectivity index (χ4n) is 3.30. The van der Waals surface area contributed by atoms with Crippen LogP contribution in [0.5, 0.6) is 0 Å². The Morgan fingerprint density at radius 2 is 1.79 bits per heavy atom. The number of rotatable bonds is 4. The predicted molar refractivity (Wildman–Crippen MR) is 111 cm³/mol. The molecule has 1 saturated heterocycles. The highest BCUT2D eigenvalue weighted by Gasteiger charge is 2.14. The van der Waals surface area contributed by atoms with Gasteiger partial charge in [-0.1, -0.05) is 18.2 Å². The summed E-state index contributed by atoms with van der Waals surface area (Å²) in [5.74, 6) is 0.815. The van der Waals surface area contributed by atoms with E-state index >= 15 is 0 Å². The summed E-state index contributed by atoms with van der Waals surface area (Å²) >= 11 is 0. The standard InChI is InChI=1S/C21H19N3O4S/c22-14-20(29(23,25)26)13-19-5-6-21(28-19)17-2-1-16-12-18(4-3-15(16)11-17)24-7-9-27-10-8-24/h1-6,11-13H,7-10H2,(H2,23,25,26)/b20-13+. The lowest BCUT2D eigenvalue weighted by atomic mass is 10.0. The molecule has 2 aromatic carbocycles. The van der Waals surface area contributed by atoms with E-state index < -0.39 is 14.9 Å². The van der Waals surface area contributed by atoms with Gasteiger partial charge in [-0.3, -0.25) is 0 Å². The minimum absolute atomic E-state index is 0.244. The van der Waals surface area contributed by atoms with Crippen LogP contribution in [0.25, 0.3) is 28.2 Å². The van der Waals surface area contributed by atoms with Crippen molar-refractivity contribution in [3.63, 3.8) is 0 Å². The number of fused-ring (bicyclic) bond motifs is 1. The molecular weight excluding hydrogens is 390 g/mol. The zero-order valence-electron chi connectivity index (χ0n) is 15.5. The van der Waals surface area contributed by atoms with Gasteiger partial charge in [0.15, 0.2) is 4.91 Å². The second-order valence-corrected chi connectivity index (χ2v) is 8.24. The number of benzene rings is 2. The molecule has 1 fully saturated rings. The lowest BCUT2D eigenvalue weighted by Gasteiger charge is -2.29. The number of hydrogen-bond donors (Lipinski definition) is 1. The molecule has 2 N–H and O–H groups in total. The van der Waals surface area contributed by atoms with Crippen LogP contribution in [0.3, 0.4) is 0 Å². The van der Waals surface area contributed by atoms with Crippen LogP contribution < -0.4 is 10.0 Å². The molecule has 29 heavy (non-hydrogen) atoms. The molecule has 1 aliphatic rings.